The molecule has 1 amide bonds. The predicted octanol–water partition coefficient (Wildman–Crippen LogP) is 1.24. The molecule has 22 heavy (non-hydrogen) atoms. The number of rotatable bonds is 2. The number of anilines is 1. The van der Waals surface area contributed by atoms with Crippen LogP contribution in [-0.2, 0) is 0 Å². The molecule has 3 rings (SSSR count). The molecule has 0 bridgehead atoms. The van der Waals surface area contributed by atoms with Crippen molar-refractivity contribution in [2.24, 2.45) is 0 Å². The first kappa shape index (κ1) is 15.2. The number of carbonyl (C=O) groups excluding carboxylic acids is 1. The molecule has 0 aliphatic carbocycles. The summed E-state index contributed by atoms with van der Waals surface area (Å²) in [7, 11) is 2.08. The van der Waals surface area contributed by atoms with Crippen molar-refractivity contribution in [1.82, 2.24) is 19.8 Å². The second-order valence-corrected chi connectivity index (χ2v) is 6.27. The highest BCUT2D eigenvalue weighted by molar-refractivity contribution is 5.93. The van der Waals surface area contributed by atoms with Crippen molar-refractivity contribution >= 4 is 11.9 Å². The molecule has 120 valence electrons. The third-order valence-electron chi connectivity index (χ3n) is 4.56. The highest BCUT2D eigenvalue weighted by Gasteiger charge is 2.21. The zero-order valence-electron chi connectivity index (χ0n) is 13.4. The summed E-state index contributed by atoms with van der Waals surface area (Å²) in [6.07, 6.45) is 8.35. The minimum atomic E-state index is 0.0514. The van der Waals surface area contributed by atoms with Gasteiger partial charge in [-0.1, -0.05) is 12.8 Å². The number of hydrogen-bond acceptors (Lipinski definition) is 5. The Morgan fingerprint density at radius 2 is 1.50 bits per heavy atom. The zero-order chi connectivity index (χ0) is 15.4. The molecule has 6 nitrogen and oxygen atoms in total. The van der Waals surface area contributed by atoms with Gasteiger partial charge >= 0.3 is 0 Å². The van der Waals surface area contributed by atoms with Gasteiger partial charge in [0.25, 0.3) is 5.91 Å². The Morgan fingerprint density at radius 3 is 2.09 bits per heavy atom. The fraction of sp³-hybridized carbons (Fsp3) is 0.688. The van der Waals surface area contributed by atoms with Crippen molar-refractivity contribution in [3.63, 3.8) is 0 Å². The largest absolute Gasteiger partial charge is 0.341 e. The number of piperazine rings is 1. The highest BCUT2D eigenvalue weighted by Crippen LogP contribution is 2.15. The molecule has 0 spiro atoms. The zero-order valence-corrected chi connectivity index (χ0v) is 13.4. The summed E-state index contributed by atoms with van der Waals surface area (Å²) >= 11 is 0. The number of carbonyl (C=O) groups is 1. The van der Waals surface area contributed by atoms with Gasteiger partial charge in [0.2, 0.25) is 5.95 Å². The second-order valence-electron chi connectivity index (χ2n) is 6.27. The SMILES string of the molecule is CN1CCN(C(=O)c2cnc(N3CCCCCC3)nc2)CC1. The summed E-state index contributed by atoms with van der Waals surface area (Å²) in [4.78, 5) is 27.7. The third-order valence-corrected chi connectivity index (χ3v) is 4.56. The van der Waals surface area contributed by atoms with Crippen LogP contribution in [0.4, 0.5) is 5.95 Å². The van der Waals surface area contributed by atoms with E-state index in [1.54, 1.807) is 12.4 Å². The normalized spacial score (nSPS) is 20.8. The molecule has 0 unspecified atom stereocenters. The number of likely N-dealkylation sites (N-methyl/N-ethyl adjacent to an activating group) is 1. The van der Waals surface area contributed by atoms with Crippen LogP contribution in [0.15, 0.2) is 12.4 Å². The van der Waals surface area contributed by atoms with Crippen LogP contribution >= 0.6 is 0 Å². The summed E-state index contributed by atoms with van der Waals surface area (Å²) in [6, 6.07) is 0. The van der Waals surface area contributed by atoms with Crippen LogP contribution in [0.2, 0.25) is 0 Å². The van der Waals surface area contributed by atoms with E-state index in [1.165, 1.54) is 25.7 Å². The predicted molar refractivity (Wildman–Crippen MR) is 86.1 cm³/mol. The van der Waals surface area contributed by atoms with E-state index in [2.05, 4.69) is 26.8 Å². The molecule has 0 N–H and O–H groups in total. The van der Waals surface area contributed by atoms with Gasteiger partial charge in [0.15, 0.2) is 0 Å². The van der Waals surface area contributed by atoms with Crippen LogP contribution in [0.1, 0.15) is 36.0 Å². The van der Waals surface area contributed by atoms with E-state index >= 15 is 0 Å². The van der Waals surface area contributed by atoms with Crippen molar-refractivity contribution in [2.45, 2.75) is 25.7 Å². The Balaban J connectivity index is 1.64. The molecular weight excluding hydrogens is 278 g/mol. The Bertz CT molecular complexity index is 488. The van der Waals surface area contributed by atoms with E-state index in [4.69, 9.17) is 0 Å². The summed E-state index contributed by atoms with van der Waals surface area (Å²) in [5, 5.41) is 0. The highest BCUT2D eigenvalue weighted by atomic mass is 16.2. The second kappa shape index (κ2) is 7.05. The number of hydrogen-bond donors (Lipinski definition) is 0. The van der Waals surface area contributed by atoms with Gasteiger partial charge in [-0.3, -0.25) is 4.79 Å². The van der Waals surface area contributed by atoms with Gasteiger partial charge in [0, 0.05) is 51.7 Å². The molecule has 0 atom stereocenters. The monoisotopic (exact) mass is 303 g/mol. The minimum absolute atomic E-state index is 0.0514. The van der Waals surface area contributed by atoms with Gasteiger partial charge in [-0.25, -0.2) is 9.97 Å². The maximum atomic E-state index is 12.5. The maximum Gasteiger partial charge on any atom is 0.257 e. The number of amides is 1. The summed E-state index contributed by atoms with van der Waals surface area (Å²) < 4.78 is 0. The van der Waals surface area contributed by atoms with Gasteiger partial charge in [-0.15, -0.1) is 0 Å². The van der Waals surface area contributed by atoms with Crippen molar-refractivity contribution in [1.29, 1.82) is 0 Å². The smallest absolute Gasteiger partial charge is 0.257 e. The quantitative estimate of drug-likeness (QED) is 0.823. The third kappa shape index (κ3) is 3.55. The maximum absolute atomic E-state index is 12.5. The van der Waals surface area contributed by atoms with E-state index in [9.17, 15) is 4.79 Å². The lowest BCUT2D eigenvalue weighted by molar-refractivity contribution is 0.0663. The lowest BCUT2D eigenvalue weighted by atomic mass is 10.2. The van der Waals surface area contributed by atoms with Crippen molar-refractivity contribution < 1.29 is 4.79 Å². The molecule has 1 aromatic rings. The summed E-state index contributed by atoms with van der Waals surface area (Å²) in [5.74, 6) is 0.812. The fourth-order valence-electron chi connectivity index (χ4n) is 3.06. The topological polar surface area (TPSA) is 52.6 Å². The Labute approximate surface area is 132 Å². The van der Waals surface area contributed by atoms with Crippen molar-refractivity contribution in [3.8, 4) is 0 Å². The molecule has 2 aliphatic rings. The molecule has 2 aliphatic heterocycles. The van der Waals surface area contributed by atoms with Crippen LogP contribution < -0.4 is 4.90 Å². The van der Waals surface area contributed by atoms with Crippen LogP contribution in [0, 0.1) is 0 Å². The van der Waals surface area contributed by atoms with Crippen LogP contribution in [0.25, 0.3) is 0 Å². The first-order valence-corrected chi connectivity index (χ1v) is 8.29. The molecule has 0 saturated carbocycles. The molecule has 2 fully saturated rings. The van der Waals surface area contributed by atoms with Crippen LogP contribution in [-0.4, -0.2) is 72.0 Å². The molecular formula is C16H25N5O. The average Bonchev–Trinajstić information content (AvgIpc) is 2.84. The lowest BCUT2D eigenvalue weighted by Crippen LogP contribution is -2.47. The summed E-state index contributed by atoms with van der Waals surface area (Å²) in [6.45, 7) is 5.46. The first-order valence-electron chi connectivity index (χ1n) is 8.29. The van der Waals surface area contributed by atoms with Gasteiger partial charge < -0.3 is 14.7 Å². The van der Waals surface area contributed by atoms with Crippen LogP contribution in [0.3, 0.4) is 0 Å². The minimum Gasteiger partial charge on any atom is -0.341 e. The molecule has 6 heteroatoms. The van der Waals surface area contributed by atoms with Gasteiger partial charge in [0.1, 0.15) is 0 Å². The van der Waals surface area contributed by atoms with Crippen molar-refractivity contribution in [2.75, 3.05) is 51.2 Å². The van der Waals surface area contributed by atoms with E-state index < -0.39 is 0 Å². The lowest BCUT2D eigenvalue weighted by Gasteiger charge is -2.32. The van der Waals surface area contributed by atoms with E-state index in [-0.39, 0.29) is 5.91 Å². The van der Waals surface area contributed by atoms with Crippen molar-refractivity contribution in [3.05, 3.63) is 18.0 Å². The molecule has 2 saturated heterocycles. The van der Waals surface area contributed by atoms with E-state index in [1.807, 2.05) is 4.90 Å². The standard InChI is InChI=1S/C16H25N5O/c1-19-8-10-20(11-9-19)15(22)14-12-17-16(18-13-14)21-6-4-2-3-5-7-21/h12-13H,2-11H2,1H3. The van der Waals surface area contributed by atoms with Gasteiger partial charge in [-0.2, -0.15) is 0 Å². The molecule has 3 heterocycles. The fourth-order valence-corrected chi connectivity index (χ4v) is 3.06. The molecule has 0 aromatic carbocycles. The molecule has 1 aromatic heterocycles. The number of nitrogens with zero attached hydrogens (tertiary/aromatic N) is 5. The van der Waals surface area contributed by atoms with E-state index in [0.717, 1.165) is 45.2 Å². The van der Waals surface area contributed by atoms with Gasteiger partial charge in [-0.05, 0) is 19.9 Å². The first-order chi connectivity index (χ1) is 10.7. The Kier molecular flexibility index (Phi) is 4.87. The van der Waals surface area contributed by atoms with Crippen LogP contribution in [0.5, 0.6) is 0 Å². The average molecular weight is 303 g/mol. The van der Waals surface area contributed by atoms with E-state index in [0.29, 0.717) is 5.56 Å². The number of aromatic nitrogens is 2. The summed E-state index contributed by atoms with van der Waals surface area (Å²) in [5.41, 5.74) is 0.600. The Morgan fingerprint density at radius 1 is 0.909 bits per heavy atom. The Hall–Kier alpha value is -1.69. The van der Waals surface area contributed by atoms with Gasteiger partial charge in [0.05, 0.1) is 5.56 Å². The molecule has 0 radical (unpaired) electrons.